The van der Waals surface area contributed by atoms with E-state index in [-0.39, 0.29) is 46.3 Å². The number of amides is 2. The molecule has 11 heteroatoms. The molecule has 1 saturated heterocycles. The van der Waals surface area contributed by atoms with Crippen LogP contribution in [0.2, 0.25) is 0 Å². The first-order valence-corrected chi connectivity index (χ1v) is 15.3. The summed E-state index contributed by atoms with van der Waals surface area (Å²) in [6, 6.07) is 17.1. The zero-order valence-electron chi connectivity index (χ0n) is 21.5. The maximum atomic E-state index is 13.0. The highest BCUT2D eigenvalue weighted by Gasteiger charge is 2.35. The van der Waals surface area contributed by atoms with Gasteiger partial charge in [0, 0.05) is 0 Å². The Bertz CT molecular complexity index is 1540. The molecule has 0 radical (unpaired) electrons. The zero-order valence-corrected chi connectivity index (χ0v) is 25.3. The summed E-state index contributed by atoms with van der Waals surface area (Å²) in [7, 11) is -4.11. The van der Waals surface area contributed by atoms with Crippen molar-refractivity contribution >= 4 is 61.7 Å². The van der Waals surface area contributed by atoms with Gasteiger partial charge in [-0.25, -0.2) is 0 Å². The van der Waals surface area contributed by atoms with Crippen LogP contribution in [0.25, 0.3) is 6.08 Å². The van der Waals surface area contributed by atoms with Gasteiger partial charge in [-0.1, -0.05) is 29.8 Å². The van der Waals surface area contributed by atoms with Crippen molar-refractivity contribution in [1.29, 1.82) is 0 Å². The maximum absolute atomic E-state index is 13.0. The van der Waals surface area contributed by atoms with Gasteiger partial charge in [-0.3, -0.25) is 14.5 Å². The van der Waals surface area contributed by atoms with E-state index in [4.69, 9.17) is 13.7 Å². The lowest BCUT2D eigenvalue weighted by molar-refractivity contribution is -0.123. The number of ether oxygens (including phenoxy) is 2. The largest absolute Gasteiger partial charge is 0.492 e. The molecule has 0 aliphatic carbocycles. The SMILES string of the molecule is CCOc1cc(/C=C2\SC(=O)N(CCOc3cccc(C)c3)C2=O)cc(I)c1OS(=O)(=O)c1ccc(C)cc1. The van der Waals surface area contributed by atoms with E-state index >= 15 is 0 Å². The number of carbonyl (C=O) groups is 2. The van der Waals surface area contributed by atoms with Crippen LogP contribution in [0.5, 0.6) is 17.2 Å². The van der Waals surface area contributed by atoms with Crippen molar-refractivity contribution in [1.82, 2.24) is 4.90 Å². The summed E-state index contributed by atoms with van der Waals surface area (Å²) >= 11 is 2.79. The molecule has 2 amide bonds. The van der Waals surface area contributed by atoms with Crippen LogP contribution in [0.4, 0.5) is 4.79 Å². The van der Waals surface area contributed by atoms with Crippen LogP contribution in [0, 0.1) is 17.4 Å². The Morgan fingerprint density at radius 3 is 2.41 bits per heavy atom. The average molecular weight is 680 g/mol. The Kier molecular flexibility index (Phi) is 9.23. The third-order valence-corrected chi connectivity index (χ3v) is 8.52. The Balaban J connectivity index is 1.52. The molecule has 0 atom stereocenters. The van der Waals surface area contributed by atoms with Crippen LogP contribution in [0.15, 0.2) is 70.5 Å². The molecule has 0 spiro atoms. The van der Waals surface area contributed by atoms with E-state index in [0.29, 0.717) is 14.9 Å². The van der Waals surface area contributed by atoms with Crippen LogP contribution >= 0.6 is 34.4 Å². The van der Waals surface area contributed by atoms with E-state index in [2.05, 4.69) is 0 Å². The number of hydrogen-bond acceptors (Lipinski definition) is 8. The molecule has 4 rings (SSSR count). The maximum Gasteiger partial charge on any atom is 0.339 e. The van der Waals surface area contributed by atoms with Crippen LogP contribution in [0.1, 0.15) is 23.6 Å². The van der Waals surface area contributed by atoms with Crippen molar-refractivity contribution in [3.8, 4) is 17.2 Å². The highest BCUT2D eigenvalue weighted by atomic mass is 127. The smallest absolute Gasteiger partial charge is 0.339 e. The minimum absolute atomic E-state index is 0.0236. The minimum atomic E-state index is -4.11. The molecule has 3 aromatic rings. The van der Waals surface area contributed by atoms with Gasteiger partial charge in [-0.2, -0.15) is 8.42 Å². The summed E-state index contributed by atoms with van der Waals surface area (Å²) < 4.78 is 43.1. The zero-order chi connectivity index (χ0) is 28.2. The number of nitrogens with zero attached hydrogens (tertiary/aromatic N) is 1. The molecule has 1 fully saturated rings. The normalized spacial score (nSPS) is 14.7. The van der Waals surface area contributed by atoms with Gasteiger partial charge in [-0.05, 0) is 109 Å². The highest BCUT2D eigenvalue weighted by molar-refractivity contribution is 14.1. The van der Waals surface area contributed by atoms with E-state index in [0.717, 1.165) is 27.8 Å². The molecule has 0 N–H and O–H groups in total. The van der Waals surface area contributed by atoms with Crippen molar-refractivity contribution in [2.75, 3.05) is 19.8 Å². The summed E-state index contributed by atoms with van der Waals surface area (Å²) in [4.78, 5) is 26.9. The van der Waals surface area contributed by atoms with E-state index in [1.807, 2.05) is 60.7 Å². The Labute approximate surface area is 245 Å². The second kappa shape index (κ2) is 12.4. The van der Waals surface area contributed by atoms with Crippen LogP contribution in [0.3, 0.4) is 0 Å². The second-order valence-corrected chi connectivity index (χ2v) is 12.3. The first-order valence-electron chi connectivity index (χ1n) is 12.0. The molecule has 8 nitrogen and oxygen atoms in total. The molecule has 0 unspecified atom stereocenters. The fraction of sp³-hybridized carbons (Fsp3) is 0.214. The summed E-state index contributed by atoms with van der Waals surface area (Å²) in [5, 5.41) is -0.386. The first-order chi connectivity index (χ1) is 18.6. The Morgan fingerprint density at radius 1 is 0.974 bits per heavy atom. The number of aryl methyl sites for hydroxylation is 2. The number of halogens is 1. The fourth-order valence-corrected chi connectivity index (χ4v) is 6.39. The lowest BCUT2D eigenvalue weighted by Gasteiger charge is -2.15. The van der Waals surface area contributed by atoms with Gasteiger partial charge in [-0.15, -0.1) is 0 Å². The monoisotopic (exact) mass is 679 g/mol. The number of benzene rings is 3. The molecular formula is C28H26INO7S2. The van der Waals surface area contributed by atoms with Crippen molar-refractivity contribution in [3.05, 3.63) is 85.8 Å². The number of imide groups is 1. The van der Waals surface area contributed by atoms with E-state index in [1.165, 1.54) is 12.1 Å². The van der Waals surface area contributed by atoms with Gasteiger partial charge in [0.1, 0.15) is 17.3 Å². The molecule has 39 heavy (non-hydrogen) atoms. The second-order valence-electron chi connectivity index (χ2n) is 8.61. The fourth-order valence-electron chi connectivity index (χ4n) is 3.68. The predicted octanol–water partition coefficient (Wildman–Crippen LogP) is 6.19. The molecular weight excluding hydrogens is 653 g/mol. The molecule has 1 heterocycles. The third-order valence-electron chi connectivity index (χ3n) is 5.58. The molecule has 1 aliphatic heterocycles. The Morgan fingerprint density at radius 2 is 1.72 bits per heavy atom. The molecule has 0 bridgehead atoms. The quantitative estimate of drug-likeness (QED) is 0.142. The third kappa shape index (κ3) is 7.14. The molecule has 0 saturated carbocycles. The van der Waals surface area contributed by atoms with E-state index in [1.54, 1.807) is 37.3 Å². The lowest BCUT2D eigenvalue weighted by Crippen LogP contribution is -2.32. The van der Waals surface area contributed by atoms with Crippen LogP contribution in [-0.4, -0.2) is 44.2 Å². The molecule has 0 aromatic heterocycles. The van der Waals surface area contributed by atoms with E-state index in [9.17, 15) is 18.0 Å². The van der Waals surface area contributed by atoms with Gasteiger partial charge in [0.15, 0.2) is 11.5 Å². The minimum Gasteiger partial charge on any atom is -0.492 e. The van der Waals surface area contributed by atoms with Crippen molar-refractivity contribution in [2.45, 2.75) is 25.7 Å². The number of thioether (sulfide) groups is 1. The summed E-state index contributed by atoms with van der Waals surface area (Å²) in [5.41, 5.74) is 2.53. The number of carbonyl (C=O) groups excluding carboxylic acids is 2. The molecule has 1 aliphatic rings. The van der Waals surface area contributed by atoms with Gasteiger partial charge in [0.05, 0.1) is 21.6 Å². The predicted molar refractivity (Wildman–Crippen MR) is 159 cm³/mol. The van der Waals surface area contributed by atoms with Crippen molar-refractivity contribution in [2.24, 2.45) is 0 Å². The number of rotatable bonds is 10. The lowest BCUT2D eigenvalue weighted by atomic mass is 10.2. The Hall–Kier alpha value is -3.03. The first kappa shape index (κ1) is 29.0. The average Bonchev–Trinajstić information content (AvgIpc) is 3.14. The van der Waals surface area contributed by atoms with Crippen LogP contribution < -0.4 is 13.7 Å². The molecule has 204 valence electrons. The summed E-state index contributed by atoms with van der Waals surface area (Å²) in [6.07, 6.45) is 1.58. The highest BCUT2D eigenvalue weighted by Crippen LogP contribution is 2.38. The van der Waals surface area contributed by atoms with Crippen molar-refractivity contribution < 1.29 is 31.7 Å². The molecule has 3 aromatic carbocycles. The van der Waals surface area contributed by atoms with Crippen molar-refractivity contribution in [3.63, 3.8) is 0 Å². The van der Waals surface area contributed by atoms with Gasteiger partial charge in [0.2, 0.25) is 0 Å². The van der Waals surface area contributed by atoms with Gasteiger partial charge < -0.3 is 13.7 Å². The van der Waals surface area contributed by atoms with E-state index < -0.39 is 16.0 Å². The van der Waals surface area contributed by atoms with Crippen LogP contribution in [-0.2, 0) is 14.9 Å². The summed E-state index contributed by atoms with van der Waals surface area (Å²) in [5.74, 6) is 0.504. The standard InChI is InChI=1S/C28H26INO7S2/c1-4-35-24-16-20(15-23(29)26(24)37-39(33,34)22-10-8-18(2)9-11-22)17-25-27(31)30(28(32)38-25)12-13-36-21-7-5-6-19(3)14-21/h5-11,14-17H,4,12-13H2,1-3H3/b25-17-. The topological polar surface area (TPSA) is 99.2 Å². The van der Waals surface area contributed by atoms with Gasteiger partial charge >= 0.3 is 10.1 Å². The number of hydrogen-bond donors (Lipinski definition) is 0. The summed E-state index contributed by atoms with van der Waals surface area (Å²) in [6.45, 7) is 6.12. The van der Waals surface area contributed by atoms with Gasteiger partial charge in [0.25, 0.3) is 11.1 Å².